The predicted molar refractivity (Wildman–Crippen MR) is 88.8 cm³/mol. The fourth-order valence-electron chi connectivity index (χ4n) is 2.39. The van der Waals surface area contributed by atoms with Gasteiger partial charge in [-0.15, -0.1) is 0 Å². The number of hydrogen-bond acceptors (Lipinski definition) is 3. The van der Waals surface area contributed by atoms with E-state index in [1.807, 2.05) is 26.1 Å². The van der Waals surface area contributed by atoms with Gasteiger partial charge in [0.2, 0.25) is 0 Å². The Morgan fingerprint density at radius 3 is 2.73 bits per heavy atom. The first-order chi connectivity index (χ1) is 10.4. The molecular formula is C16H18N4OS. The summed E-state index contributed by atoms with van der Waals surface area (Å²) < 4.78 is 0. The summed E-state index contributed by atoms with van der Waals surface area (Å²) >= 11 is 5.34. The highest BCUT2D eigenvalue weighted by Gasteiger charge is 2.33. The Bertz CT molecular complexity index is 702. The van der Waals surface area contributed by atoms with Crippen molar-refractivity contribution in [2.45, 2.75) is 13.0 Å². The van der Waals surface area contributed by atoms with Crippen LogP contribution in [0.1, 0.15) is 24.1 Å². The highest BCUT2D eigenvalue weighted by molar-refractivity contribution is 7.80. The van der Waals surface area contributed by atoms with Crippen molar-refractivity contribution in [3.63, 3.8) is 0 Å². The zero-order chi connectivity index (χ0) is 16.4. The quantitative estimate of drug-likeness (QED) is 0.843. The first kappa shape index (κ1) is 16.0. The molecule has 1 unspecified atom stereocenters. The van der Waals surface area contributed by atoms with Gasteiger partial charge in [0.05, 0.1) is 23.2 Å². The fourth-order valence-corrected chi connectivity index (χ4v) is 2.65. The number of carbonyl (C=O) groups is 1. The molecule has 0 aliphatic carbocycles. The van der Waals surface area contributed by atoms with E-state index in [1.165, 1.54) is 0 Å². The Kier molecular flexibility index (Phi) is 4.48. The highest BCUT2D eigenvalue weighted by Crippen LogP contribution is 2.31. The normalized spacial score (nSPS) is 17.9. The van der Waals surface area contributed by atoms with Gasteiger partial charge in [-0.3, -0.25) is 4.79 Å². The molecule has 22 heavy (non-hydrogen) atoms. The number of allylic oxidation sites excluding steroid dienone is 1. The Hall–Kier alpha value is -2.39. The van der Waals surface area contributed by atoms with Gasteiger partial charge in [-0.2, -0.15) is 5.26 Å². The number of rotatable bonds is 2. The molecule has 114 valence electrons. The first-order valence-corrected chi connectivity index (χ1v) is 7.24. The zero-order valence-electron chi connectivity index (χ0n) is 13.0. The molecular weight excluding hydrogens is 296 g/mol. The van der Waals surface area contributed by atoms with Crippen LogP contribution in [0.2, 0.25) is 0 Å². The van der Waals surface area contributed by atoms with Crippen molar-refractivity contribution in [1.29, 1.82) is 5.26 Å². The average molecular weight is 314 g/mol. The number of carbonyl (C=O) groups excluding carboxylic acids is 1. The Labute approximate surface area is 135 Å². The van der Waals surface area contributed by atoms with Crippen LogP contribution < -0.4 is 5.32 Å². The molecule has 5 nitrogen and oxygen atoms in total. The van der Waals surface area contributed by atoms with Crippen molar-refractivity contribution in [3.8, 4) is 6.07 Å². The smallest absolute Gasteiger partial charge is 0.253 e. The maximum absolute atomic E-state index is 12.6. The molecule has 2 rings (SSSR count). The summed E-state index contributed by atoms with van der Waals surface area (Å²) in [5, 5.41) is 12.8. The van der Waals surface area contributed by atoms with E-state index in [9.17, 15) is 4.79 Å². The number of benzene rings is 1. The lowest BCUT2D eigenvalue weighted by atomic mass is 9.93. The van der Waals surface area contributed by atoms with E-state index in [4.69, 9.17) is 17.5 Å². The van der Waals surface area contributed by atoms with Crippen molar-refractivity contribution < 1.29 is 4.79 Å². The molecule has 1 N–H and O–H groups in total. The minimum absolute atomic E-state index is 0.0771. The van der Waals surface area contributed by atoms with Crippen LogP contribution in [0.3, 0.4) is 0 Å². The first-order valence-electron chi connectivity index (χ1n) is 6.83. The second-order valence-electron chi connectivity index (χ2n) is 5.38. The molecule has 0 bridgehead atoms. The largest absolute Gasteiger partial charge is 0.351 e. The minimum Gasteiger partial charge on any atom is -0.351 e. The lowest BCUT2D eigenvalue weighted by Gasteiger charge is -2.36. The van der Waals surface area contributed by atoms with E-state index >= 15 is 0 Å². The molecule has 0 saturated carbocycles. The van der Waals surface area contributed by atoms with E-state index in [1.54, 1.807) is 36.0 Å². The van der Waals surface area contributed by atoms with Crippen LogP contribution in [0, 0.1) is 11.3 Å². The number of nitrogens with zero attached hydrogens (tertiary/aromatic N) is 3. The molecule has 1 aromatic rings. The fraction of sp³-hybridized carbons (Fsp3) is 0.312. The molecule has 0 aromatic heterocycles. The number of amides is 1. The molecule has 0 saturated heterocycles. The van der Waals surface area contributed by atoms with Gasteiger partial charge in [-0.1, -0.05) is 12.1 Å². The number of nitriles is 1. The van der Waals surface area contributed by atoms with E-state index in [0.29, 0.717) is 16.2 Å². The number of thiocarbonyl (C=S) groups is 1. The lowest BCUT2D eigenvalue weighted by molar-refractivity contribution is -0.125. The van der Waals surface area contributed by atoms with E-state index in [-0.39, 0.29) is 11.9 Å². The number of nitrogens with one attached hydrogen (secondary N) is 1. The van der Waals surface area contributed by atoms with Crippen molar-refractivity contribution in [2.75, 3.05) is 21.1 Å². The third-order valence-electron chi connectivity index (χ3n) is 3.74. The van der Waals surface area contributed by atoms with Gasteiger partial charge < -0.3 is 15.1 Å². The minimum atomic E-state index is -0.355. The van der Waals surface area contributed by atoms with Crippen molar-refractivity contribution >= 4 is 23.2 Å². The van der Waals surface area contributed by atoms with Crippen molar-refractivity contribution in [2.24, 2.45) is 0 Å². The average Bonchev–Trinajstić information content (AvgIpc) is 2.51. The number of likely N-dealkylation sites (N-methyl/N-ethyl adjacent to an activating group) is 1. The summed E-state index contributed by atoms with van der Waals surface area (Å²) in [5.74, 6) is -0.0771. The van der Waals surface area contributed by atoms with E-state index < -0.39 is 0 Å². The van der Waals surface area contributed by atoms with Crippen LogP contribution in [-0.2, 0) is 4.79 Å². The molecule has 1 aliphatic rings. The monoisotopic (exact) mass is 314 g/mol. The summed E-state index contributed by atoms with van der Waals surface area (Å²) in [6.07, 6.45) is 0. The van der Waals surface area contributed by atoms with Gasteiger partial charge in [0.25, 0.3) is 5.91 Å². The molecule has 1 atom stereocenters. The highest BCUT2D eigenvalue weighted by atomic mass is 32.1. The molecule has 1 amide bonds. The summed E-state index contributed by atoms with van der Waals surface area (Å²) in [7, 11) is 5.27. The third kappa shape index (κ3) is 2.81. The van der Waals surface area contributed by atoms with Crippen LogP contribution in [0.25, 0.3) is 0 Å². The summed E-state index contributed by atoms with van der Waals surface area (Å²) in [4.78, 5) is 15.9. The molecule has 0 fully saturated rings. The van der Waals surface area contributed by atoms with E-state index in [0.717, 1.165) is 11.3 Å². The standard InChI is InChI=1S/C16H18N4OS/c1-10-13(15(21)19(2)3)14(18-16(22)20(10)4)12-7-5-6-11(8-12)9-17/h5-8,14H,1-4H3,(H,18,22). The summed E-state index contributed by atoms with van der Waals surface area (Å²) in [5.41, 5.74) is 2.85. The summed E-state index contributed by atoms with van der Waals surface area (Å²) in [6, 6.07) is 8.98. The molecule has 0 radical (unpaired) electrons. The van der Waals surface area contributed by atoms with Gasteiger partial charge in [0, 0.05) is 26.8 Å². The SMILES string of the molecule is CC1=C(C(=O)N(C)C)C(c2cccc(C#N)c2)NC(=S)N1C. The van der Waals surface area contributed by atoms with Gasteiger partial charge in [-0.05, 0) is 36.8 Å². The van der Waals surface area contributed by atoms with Crippen LogP contribution in [-0.4, -0.2) is 42.0 Å². The second-order valence-corrected chi connectivity index (χ2v) is 5.76. The molecule has 0 spiro atoms. The summed E-state index contributed by atoms with van der Waals surface area (Å²) in [6.45, 7) is 1.88. The maximum Gasteiger partial charge on any atom is 0.253 e. The Morgan fingerprint density at radius 1 is 1.45 bits per heavy atom. The van der Waals surface area contributed by atoms with Gasteiger partial charge in [0.1, 0.15) is 0 Å². The third-order valence-corrected chi connectivity index (χ3v) is 4.13. The van der Waals surface area contributed by atoms with E-state index in [2.05, 4.69) is 11.4 Å². The second kappa shape index (κ2) is 6.16. The zero-order valence-corrected chi connectivity index (χ0v) is 13.9. The molecule has 6 heteroatoms. The van der Waals surface area contributed by atoms with Crippen LogP contribution in [0.4, 0.5) is 0 Å². The number of hydrogen-bond donors (Lipinski definition) is 1. The molecule has 1 heterocycles. The molecule has 1 aromatic carbocycles. The van der Waals surface area contributed by atoms with Gasteiger partial charge in [-0.25, -0.2) is 0 Å². The van der Waals surface area contributed by atoms with Crippen LogP contribution in [0.5, 0.6) is 0 Å². The lowest BCUT2D eigenvalue weighted by Crippen LogP contribution is -2.47. The molecule has 1 aliphatic heterocycles. The van der Waals surface area contributed by atoms with Gasteiger partial charge >= 0.3 is 0 Å². The Morgan fingerprint density at radius 2 is 2.14 bits per heavy atom. The van der Waals surface area contributed by atoms with Crippen molar-refractivity contribution in [3.05, 3.63) is 46.7 Å². The maximum atomic E-state index is 12.6. The van der Waals surface area contributed by atoms with Crippen LogP contribution >= 0.6 is 12.2 Å². The van der Waals surface area contributed by atoms with Crippen molar-refractivity contribution in [1.82, 2.24) is 15.1 Å². The topological polar surface area (TPSA) is 59.4 Å². The predicted octanol–water partition coefficient (Wildman–Crippen LogP) is 1.78. The van der Waals surface area contributed by atoms with Crippen LogP contribution in [0.15, 0.2) is 35.5 Å². The van der Waals surface area contributed by atoms with Gasteiger partial charge in [0.15, 0.2) is 5.11 Å². The Balaban J connectivity index is 2.58.